The van der Waals surface area contributed by atoms with Crippen LogP contribution in [0.5, 0.6) is 0 Å². The van der Waals surface area contributed by atoms with E-state index < -0.39 is 0 Å². The van der Waals surface area contributed by atoms with Gasteiger partial charge in [0, 0.05) is 11.3 Å². The van der Waals surface area contributed by atoms with Gasteiger partial charge in [-0.15, -0.1) is 0 Å². The molecule has 0 aliphatic heterocycles. The van der Waals surface area contributed by atoms with Crippen LogP contribution in [0.3, 0.4) is 0 Å². The summed E-state index contributed by atoms with van der Waals surface area (Å²) in [6.45, 7) is 2.16. The van der Waals surface area contributed by atoms with Crippen LogP contribution < -0.4 is 5.73 Å². The highest BCUT2D eigenvalue weighted by atomic mass is 32.1. The average molecular weight is 247 g/mol. The van der Waals surface area contributed by atoms with Crippen LogP contribution in [0.25, 0.3) is 0 Å². The molecule has 0 aliphatic carbocycles. The molecule has 2 aromatic rings. The first-order chi connectivity index (χ1) is 8.16. The number of ether oxygens (including phenoxy) is 1. The molecule has 1 aromatic heterocycles. The summed E-state index contributed by atoms with van der Waals surface area (Å²) in [5, 5.41) is 3.92. The molecule has 0 unspecified atom stereocenters. The van der Waals surface area contributed by atoms with Crippen LogP contribution in [-0.2, 0) is 11.3 Å². The van der Waals surface area contributed by atoms with E-state index in [1.165, 1.54) is 0 Å². The third-order valence-corrected chi connectivity index (χ3v) is 3.15. The van der Waals surface area contributed by atoms with Gasteiger partial charge in [-0.2, -0.15) is 11.3 Å². The van der Waals surface area contributed by atoms with Gasteiger partial charge in [-0.1, -0.05) is 0 Å². The van der Waals surface area contributed by atoms with Crippen LogP contribution >= 0.6 is 11.3 Å². The lowest BCUT2D eigenvalue weighted by atomic mass is 10.1. The van der Waals surface area contributed by atoms with Crippen molar-refractivity contribution in [2.45, 2.75) is 13.5 Å². The molecule has 0 saturated heterocycles. The normalized spacial score (nSPS) is 10.2. The molecule has 17 heavy (non-hydrogen) atoms. The number of hydrogen-bond acceptors (Lipinski definition) is 4. The Kier molecular flexibility index (Phi) is 3.44. The Morgan fingerprint density at radius 1 is 1.41 bits per heavy atom. The number of hydrogen-bond donors (Lipinski definition) is 1. The molecule has 0 radical (unpaired) electrons. The van der Waals surface area contributed by atoms with Gasteiger partial charge in [-0.25, -0.2) is 4.79 Å². The molecule has 0 fully saturated rings. The van der Waals surface area contributed by atoms with Gasteiger partial charge < -0.3 is 10.5 Å². The quantitative estimate of drug-likeness (QED) is 0.670. The molecule has 2 N–H and O–H groups in total. The number of carbonyl (C=O) groups excluding carboxylic acids is 1. The smallest absolute Gasteiger partial charge is 0.338 e. The van der Waals surface area contributed by atoms with Gasteiger partial charge in [0.05, 0.1) is 5.56 Å². The number of rotatable bonds is 3. The zero-order valence-electron chi connectivity index (χ0n) is 9.47. The maximum absolute atomic E-state index is 11.8. The maximum Gasteiger partial charge on any atom is 0.338 e. The number of nitrogens with two attached hydrogens (primary N) is 1. The number of nitrogen functional groups attached to an aromatic ring is 1. The number of thiophene rings is 1. The van der Waals surface area contributed by atoms with Crippen molar-refractivity contribution in [2.24, 2.45) is 0 Å². The molecule has 0 amide bonds. The first-order valence-electron chi connectivity index (χ1n) is 5.21. The standard InChI is InChI=1S/C13H13NO2S/c1-9-6-11(14)2-3-12(9)13(15)16-7-10-4-5-17-8-10/h2-6,8H,7,14H2,1H3. The lowest BCUT2D eigenvalue weighted by Gasteiger charge is -2.06. The highest BCUT2D eigenvalue weighted by Gasteiger charge is 2.10. The second-order valence-corrected chi connectivity index (χ2v) is 4.56. The summed E-state index contributed by atoms with van der Waals surface area (Å²) in [5.41, 5.74) is 8.69. The minimum Gasteiger partial charge on any atom is -0.457 e. The number of esters is 1. The molecule has 88 valence electrons. The van der Waals surface area contributed by atoms with Gasteiger partial charge in [0.15, 0.2) is 0 Å². The summed E-state index contributed by atoms with van der Waals surface area (Å²) in [4.78, 5) is 11.8. The lowest BCUT2D eigenvalue weighted by Crippen LogP contribution is -2.07. The molecule has 1 aromatic carbocycles. The summed E-state index contributed by atoms with van der Waals surface area (Å²) in [7, 11) is 0. The summed E-state index contributed by atoms with van der Waals surface area (Å²) < 4.78 is 5.22. The van der Waals surface area contributed by atoms with Crippen LogP contribution in [0.2, 0.25) is 0 Å². The first kappa shape index (κ1) is 11.7. The topological polar surface area (TPSA) is 52.3 Å². The van der Waals surface area contributed by atoms with E-state index in [1.807, 2.05) is 23.8 Å². The van der Waals surface area contributed by atoms with E-state index in [0.717, 1.165) is 11.1 Å². The minimum absolute atomic E-state index is 0.311. The Bertz CT molecular complexity index is 520. The SMILES string of the molecule is Cc1cc(N)ccc1C(=O)OCc1ccsc1. The van der Waals surface area contributed by atoms with E-state index >= 15 is 0 Å². The van der Waals surface area contributed by atoms with Crippen molar-refractivity contribution in [3.05, 3.63) is 51.7 Å². The summed E-state index contributed by atoms with van der Waals surface area (Å²) in [5.74, 6) is -0.311. The fourth-order valence-corrected chi connectivity index (χ4v) is 2.17. The van der Waals surface area contributed by atoms with Crippen LogP contribution in [0.1, 0.15) is 21.5 Å². The molecule has 4 heteroatoms. The van der Waals surface area contributed by atoms with Crippen molar-refractivity contribution in [3.63, 3.8) is 0 Å². The Balaban J connectivity index is 2.04. The molecule has 0 saturated carbocycles. The molecular formula is C13H13NO2S. The third-order valence-electron chi connectivity index (χ3n) is 2.42. The average Bonchev–Trinajstić information content (AvgIpc) is 2.78. The molecule has 2 rings (SSSR count). The Morgan fingerprint density at radius 3 is 2.88 bits per heavy atom. The van der Waals surface area contributed by atoms with E-state index in [9.17, 15) is 4.79 Å². The zero-order chi connectivity index (χ0) is 12.3. The fourth-order valence-electron chi connectivity index (χ4n) is 1.52. The van der Waals surface area contributed by atoms with Crippen molar-refractivity contribution < 1.29 is 9.53 Å². The van der Waals surface area contributed by atoms with Crippen molar-refractivity contribution in [2.75, 3.05) is 5.73 Å². The van der Waals surface area contributed by atoms with E-state index in [0.29, 0.717) is 17.9 Å². The van der Waals surface area contributed by atoms with E-state index in [4.69, 9.17) is 10.5 Å². The van der Waals surface area contributed by atoms with Crippen molar-refractivity contribution >= 4 is 23.0 Å². The van der Waals surface area contributed by atoms with E-state index in [-0.39, 0.29) is 5.97 Å². The fraction of sp³-hybridized carbons (Fsp3) is 0.154. The second-order valence-electron chi connectivity index (χ2n) is 3.78. The molecule has 0 spiro atoms. The van der Waals surface area contributed by atoms with Gasteiger partial charge in [0.1, 0.15) is 6.61 Å². The molecule has 1 heterocycles. The molecule has 3 nitrogen and oxygen atoms in total. The maximum atomic E-state index is 11.8. The lowest BCUT2D eigenvalue weighted by molar-refractivity contribution is 0.0472. The third kappa shape index (κ3) is 2.85. The largest absolute Gasteiger partial charge is 0.457 e. The monoisotopic (exact) mass is 247 g/mol. The number of carbonyl (C=O) groups is 1. The highest BCUT2D eigenvalue weighted by Crippen LogP contribution is 2.15. The second kappa shape index (κ2) is 5.01. The summed E-state index contributed by atoms with van der Waals surface area (Å²) in [6, 6.07) is 7.10. The van der Waals surface area contributed by atoms with Gasteiger partial charge >= 0.3 is 5.97 Å². The Morgan fingerprint density at radius 2 is 2.24 bits per heavy atom. The van der Waals surface area contributed by atoms with Crippen LogP contribution in [0.4, 0.5) is 5.69 Å². The molecule has 0 bridgehead atoms. The van der Waals surface area contributed by atoms with Gasteiger partial charge in [0.25, 0.3) is 0 Å². The van der Waals surface area contributed by atoms with Crippen LogP contribution in [0.15, 0.2) is 35.0 Å². The number of anilines is 1. The van der Waals surface area contributed by atoms with E-state index in [2.05, 4.69) is 0 Å². The number of aryl methyl sites for hydroxylation is 1. The van der Waals surface area contributed by atoms with Crippen LogP contribution in [0, 0.1) is 6.92 Å². The summed E-state index contributed by atoms with van der Waals surface area (Å²) in [6.07, 6.45) is 0. The van der Waals surface area contributed by atoms with Gasteiger partial charge in [-0.3, -0.25) is 0 Å². The predicted molar refractivity (Wildman–Crippen MR) is 69.0 cm³/mol. The Labute approximate surface area is 104 Å². The minimum atomic E-state index is -0.311. The Hall–Kier alpha value is -1.81. The molecule has 0 atom stereocenters. The highest BCUT2D eigenvalue weighted by molar-refractivity contribution is 7.07. The molecular weight excluding hydrogens is 234 g/mol. The zero-order valence-corrected chi connectivity index (χ0v) is 10.3. The first-order valence-corrected chi connectivity index (χ1v) is 6.15. The predicted octanol–water partition coefficient (Wildman–Crippen LogP) is 3.00. The molecule has 0 aliphatic rings. The van der Waals surface area contributed by atoms with Crippen molar-refractivity contribution in [1.29, 1.82) is 0 Å². The van der Waals surface area contributed by atoms with E-state index in [1.54, 1.807) is 29.5 Å². The van der Waals surface area contributed by atoms with Gasteiger partial charge in [0.2, 0.25) is 0 Å². The number of benzene rings is 1. The summed E-state index contributed by atoms with van der Waals surface area (Å²) >= 11 is 1.58. The van der Waals surface area contributed by atoms with Crippen molar-refractivity contribution in [1.82, 2.24) is 0 Å². The van der Waals surface area contributed by atoms with Crippen molar-refractivity contribution in [3.8, 4) is 0 Å². The van der Waals surface area contributed by atoms with Crippen LogP contribution in [-0.4, -0.2) is 5.97 Å². The van der Waals surface area contributed by atoms with Gasteiger partial charge in [-0.05, 0) is 47.5 Å².